The molecule has 4 rings (SSSR count). The van der Waals surface area contributed by atoms with Crippen molar-refractivity contribution in [3.63, 3.8) is 0 Å². The molecular weight excluding hydrogens is 358 g/mol. The van der Waals surface area contributed by atoms with E-state index in [-0.39, 0.29) is 17.2 Å². The number of nitrogens with one attached hydrogen (secondary N) is 2. The number of carbonyl (C=O) groups is 1. The summed E-state index contributed by atoms with van der Waals surface area (Å²) >= 11 is 0. The fourth-order valence-electron chi connectivity index (χ4n) is 2.97. The lowest BCUT2D eigenvalue weighted by molar-refractivity contribution is -0.384. The number of para-hydroxylation sites is 1. The highest BCUT2D eigenvalue weighted by atomic mass is 16.6. The molecule has 1 heterocycles. The SMILES string of the molecule is O=C(NCCNc1nc(C2CC2)nc2ccccc12)c1cccc([N+](=O)[O-])c1. The summed E-state index contributed by atoms with van der Waals surface area (Å²) in [5, 5.41) is 17.8. The number of nitro groups is 1. The second kappa shape index (κ2) is 7.59. The predicted octanol–water partition coefficient (Wildman–Crippen LogP) is 3.26. The van der Waals surface area contributed by atoms with Gasteiger partial charge in [0.25, 0.3) is 11.6 Å². The van der Waals surface area contributed by atoms with Gasteiger partial charge in [-0.25, -0.2) is 9.97 Å². The second-order valence-electron chi connectivity index (χ2n) is 6.71. The number of fused-ring (bicyclic) bond motifs is 1. The molecule has 0 aliphatic heterocycles. The van der Waals surface area contributed by atoms with Crippen LogP contribution in [0.5, 0.6) is 0 Å². The van der Waals surface area contributed by atoms with Gasteiger partial charge in [0.1, 0.15) is 11.6 Å². The van der Waals surface area contributed by atoms with Crippen LogP contribution in [0.25, 0.3) is 10.9 Å². The molecule has 1 fully saturated rings. The fraction of sp³-hybridized carbons (Fsp3) is 0.250. The lowest BCUT2D eigenvalue weighted by atomic mass is 10.2. The highest BCUT2D eigenvalue weighted by Gasteiger charge is 2.27. The molecule has 0 bridgehead atoms. The molecule has 1 aliphatic carbocycles. The van der Waals surface area contributed by atoms with Gasteiger partial charge in [-0.1, -0.05) is 18.2 Å². The van der Waals surface area contributed by atoms with E-state index in [2.05, 4.69) is 20.6 Å². The van der Waals surface area contributed by atoms with Crippen molar-refractivity contribution < 1.29 is 9.72 Å². The van der Waals surface area contributed by atoms with Crippen molar-refractivity contribution in [3.8, 4) is 0 Å². The number of carbonyl (C=O) groups excluding carboxylic acids is 1. The summed E-state index contributed by atoms with van der Waals surface area (Å²) in [7, 11) is 0. The van der Waals surface area contributed by atoms with Crippen LogP contribution in [-0.2, 0) is 0 Å². The molecule has 1 aliphatic rings. The standard InChI is InChI=1S/C20H19N5O3/c26-20(14-4-3-5-15(12-14)25(27)28)22-11-10-21-19-16-6-1-2-7-17(16)23-18(24-19)13-8-9-13/h1-7,12-13H,8-11H2,(H,22,26)(H,21,23,24). The predicted molar refractivity (Wildman–Crippen MR) is 105 cm³/mol. The molecular formula is C20H19N5O3. The monoisotopic (exact) mass is 377 g/mol. The molecule has 0 unspecified atom stereocenters. The topological polar surface area (TPSA) is 110 Å². The zero-order chi connectivity index (χ0) is 19.5. The van der Waals surface area contributed by atoms with Crippen LogP contribution in [0.2, 0.25) is 0 Å². The van der Waals surface area contributed by atoms with E-state index in [9.17, 15) is 14.9 Å². The van der Waals surface area contributed by atoms with Crippen LogP contribution >= 0.6 is 0 Å². The van der Waals surface area contributed by atoms with E-state index in [0.29, 0.717) is 19.0 Å². The molecule has 1 aromatic heterocycles. The van der Waals surface area contributed by atoms with Crippen LogP contribution in [0, 0.1) is 10.1 Å². The van der Waals surface area contributed by atoms with Crippen LogP contribution in [0.3, 0.4) is 0 Å². The number of hydrogen-bond donors (Lipinski definition) is 2. The summed E-state index contributed by atoms with van der Waals surface area (Å²) in [5.74, 6) is 1.72. The Morgan fingerprint density at radius 2 is 1.93 bits per heavy atom. The molecule has 1 saturated carbocycles. The van der Waals surface area contributed by atoms with Crippen molar-refractivity contribution in [1.29, 1.82) is 0 Å². The molecule has 0 spiro atoms. The Morgan fingerprint density at radius 3 is 2.71 bits per heavy atom. The van der Waals surface area contributed by atoms with Gasteiger partial charge in [0.2, 0.25) is 0 Å². The second-order valence-corrected chi connectivity index (χ2v) is 6.71. The number of amides is 1. The molecule has 142 valence electrons. The van der Waals surface area contributed by atoms with E-state index < -0.39 is 4.92 Å². The Hall–Kier alpha value is -3.55. The first kappa shape index (κ1) is 17.8. The number of non-ortho nitro benzene ring substituents is 1. The van der Waals surface area contributed by atoms with Gasteiger partial charge >= 0.3 is 0 Å². The van der Waals surface area contributed by atoms with Crippen molar-refractivity contribution >= 4 is 28.3 Å². The van der Waals surface area contributed by atoms with Crippen LogP contribution in [0.4, 0.5) is 11.5 Å². The van der Waals surface area contributed by atoms with E-state index in [1.54, 1.807) is 6.07 Å². The zero-order valence-corrected chi connectivity index (χ0v) is 15.1. The Labute approximate surface area is 161 Å². The summed E-state index contributed by atoms with van der Waals surface area (Å²) in [4.78, 5) is 31.8. The lowest BCUT2D eigenvalue weighted by Crippen LogP contribution is -2.29. The van der Waals surface area contributed by atoms with Crippen molar-refractivity contribution in [2.75, 3.05) is 18.4 Å². The Kier molecular flexibility index (Phi) is 4.84. The maximum Gasteiger partial charge on any atom is 0.270 e. The van der Waals surface area contributed by atoms with Crippen molar-refractivity contribution in [2.45, 2.75) is 18.8 Å². The minimum Gasteiger partial charge on any atom is -0.368 e. The molecule has 0 atom stereocenters. The third-order valence-corrected chi connectivity index (χ3v) is 4.59. The van der Waals surface area contributed by atoms with Gasteiger partial charge < -0.3 is 10.6 Å². The summed E-state index contributed by atoms with van der Waals surface area (Å²) in [6.07, 6.45) is 2.24. The Balaban J connectivity index is 1.39. The quantitative estimate of drug-likeness (QED) is 0.371. The first-order valence-corrected chi connectivity index (χ1v) is 9.15. The minimum atomic E-state index is -0.518. The molecule has 0 saturated heterocycles. The number of nitro benzene ring substituents is 1. The molecule has 2 aromatic carbocycles. The molecule has 8 nitrogen and oxygen atoms in total. The number of hydrogen-bond acceptors (Lipinski definition) is 6. The number of nitrogens with zero attached hydrogens (tertiary/aromatic N) is 3. The maximum atomic E-state index is 12.2. The molecule has 0 radical (unpaired) electrons. The van der Waals surface area contributed by atoms with Crippen molar-refractivity contribution in [1.82, 2.24) is 15.3 Å². The third-order valence-electron chi connectivity index (χ3n) is 4.59. The molecule has 8 heteroatoms. The highest BCUT2D eigenvalue weighted by molar-refractivity contribution is 5.94. The van der Waals surface area contributed by atoms with Gasteiger partial charge in [-0.15, -0.1) is 0 Å². The molecule has 28 heavy (non-hydrogen) atoms. The van der Waals surface area contributed by atoms with E-state index in [4.69, 9.17) is 0 Å². The average Bonchev–Trinajstić information content (AvgIpc) is 3.56. The van der Waals surface area contributed by atoms with Gasteiger partial charge in [0.15, 0.2) is 0 Å². The fourth-order valence-corrected chi connectivity index (χ4v) is 2.97. The van der Waals surface area contributed by atoms with Crippen molar-refractivity contribution in [2.24, 2.45) is 0 Å². The number of anilines is 1. The van der Waals surface area contributed by atoms with Gasteiger partial charge in [-0.05, 0) is 31.0 Å². The van der Waals surface area contributed by atoms with E-state index in [0.717, 1.165) is 35.4 Å². The first-order valence-electron chi connectivity index (χ1n) is 9.15. The van der Waals surface area contributed by atoms with Gasteiger partial charge in [-0.2, -0.15) is 0 Å². The zero-order valence-electron chi connectivity index (χ0n) is 15.1. The average molecular weight is 377 g/mol. The van der Waals surface area contributed by atoms with Gasteiger partial charge in [-0.3, -0.25) is 14.9 Å². The summed E-state index contributed by atoms with van der Waals surface area (Å²) < 4.78 is 0. The van der Waals surface area contributed by atoms with Crippen LogP contribution in [0.1, 0.15) is 34.9 Å². The van der Waals surface area contributed by atoms with Crippen LogP contribution in [-0.4, -0.2) is 33.9 Å². The smallest absolute Gasteiger partial charge is 0.270 e. The van der Waals surface area contributed by atoms with Crippen LogP contribution in [0.15, 0.2) is 48.5 Å². The number of aromatic nitrogens is 2. The largest absolute Gasteiger partial charge is 0.368 e. The summed E-state index contributed by atoms with van der Waals surface area (Å²) in [6, 6.07) is 13.5. The normalized spacial score (nSPS) is 13.3. The third kappa shape index (κ3) is 3.90. The van der Waals surface area contributed by atoms with E-state index in [1.165, 1.54) is 18.2 Å². The number of rotatable bonds is 7. The van der Waals surface area contributed by atoms with Gasteiger partial charge in [0.05, 0.1) is 10.4 Å². The number of benzene rings is 2. The highest BCUT2D eigenvalue weighted by Crippen LogP contribution is 2.39. The van der Waals surface area contributed by atoms with Gasteiger partial charge in [0, 0.05) is 42.1 Å². The Morgan fingerprint density at radius 1 is 1.11 bits per heavy atom. The Bertz CT molecular complexity index is 1050. The molecule has 3 aromatic rings. The van der Waals surface area contributed by atoms with Crippen molar-refractivity contribution in [3.05, 3.63) is 70.0 Å². The summed E-state index contributed by atoms with van der Waals surface area (Å²) in [5.41, 5.74) is 1.06. The minimum absolute atomic E-state index is 0.106. The van der Waals surface area contributed by atoms with E-state index in [1.807, 2.05) is 24.3 Å². The van der Waals surface area contributed by atoms with Crippen LogP contribution < -0.4 is 10.6 Å². The first-order chi connectivity index (χ1) is 13.6. The summed E-state index contributed by atoms with van der Waals surface area (Å²) in [6.45, 7) is 0.838. The molecule has 2 N–H and O–H groups in total. The van der Waals surface area contributed by atoms with E-state index >= 15 is 0 Å². The maximum absolute atomic E-state index is 12.2. The molecule has 1 amide bonds. The lowest BCUT2D eigenvalue weighted by Gasteiger charge is -2.11.